The van der Waals surface area contributed by atoms with Gasteiger partial charge in [-0.2, -0.15) is 13.2 Å². The number of carbonyl (C=O) groups is 1. The van der Waals surface area contributed by atoms with Crippen molar-refractivity contribution in [3.63, 3.8) is 0 Å². The summed E-state index contributed by atoms with van der Waals surface area (Å²) in [5.74, 6) is -0.220. The Morgan fingerprint density at radius 3 is 2.81 bits per heavy atom. The molecule has 4 nitrogen and oxygen atoms in total. The number of carbonyl (C=O) groups excluding carboxylic acids is 1. The van der Waals surface area contributed by atoms with Gasteiger partial charge in [0.05, 0.1) is 17.5 Å². The summed E-state index contributed by atoms with van der Waals surface area (Å²) in [5.41, 5.74) is 1.73. The van der Waals surface area contributed by atoms with Crippen molar-refractivity contribution in [3.05, 3.63) is 59.0 Å². The zero-order valence-corrected chi connectivity index (χ0v) is 14.3. The third-order valence-electron chi connectivity index (χ3n) is 4.10. The standard InChI is InChI=1S/C18H12F3N3OS/c1-24-9-10(6-16(24)18(19,20)21)15-3-2-11(26-15)7-13-12-4-5-22-8-14(12)23-17(13)25/h2-9H,1H3,(H,23,25). The molecule has 0 saturated carbocycles. The predicted molar refractivity (Wildman–Crippen MR) is 94.5 cm³/mol. The van der Waals surface area contributed by atoms with Crippen LogP contribution in [0.15, 0.2) is 42.9 Å². The van der Waals surface area contributed by atoms with Crippen molar-refractivity contribution in [2.24, 2.45) is 7.05 Å². The fourth-order valence-corrected chi connectivity index (χ4v) is 3.83. The van der Waals surface area contributed by atoms with Crippen molar-refractivity contribution in [2.45, 2.75) is 6.18 Å². The second kappa shape index (κ2) is 5.84. The molecule has 1 N–H and O–H groups in total. The van der Waals surface area contributed by atoms with Crippen LogP contribution < -0.4 is 5.32 Å². The smallest absolute Gasteiger partial charge is 0.346 e. The van der Waals surface area contributed by atoms with Gasteiger partial charge in [-0.25, -0.2) is 0 Å². The van der Waals surface area contributed by atoms with Crippen LogP contribution in [0.2, 0.25) is 0 Å². The van der Waals surface area contributed by atoms with E-state index >= 15 is 0 Å². The number of pyridine rings is 1. The topological polar surface area (TPSA) is 46.9 Å². The summed E-state index contributed by atoms with van der Waals surface area (Å²) >= 11 is 1.33. The number of anilines is 1. The van der Waals surface area contributed by atoms with Gasteiger partial charge in [-0.05, 0) is 30.3 Å². The molecule has 0 atom stereocenters. The highest BCUT2D eigenvalue weighted by atomic mass is 32.1. The zero-order chi connectivity index (χ0) is 18.5. The molecule has 0 fully saturated rings. The molecule has 132 valence electrons. The minimum Gasteiger partial charge on any atom is -0.346 e. The fraction of sp³-hybridized carbons (Fsp3) is 0.111. The molecule has 4 heterocycles. The lowest BCUT2D eigenvalue weighted by molar-refractivity contribution is -0.143. The first-order valence-corrected chi connectivity index (χ1v) is 8.46. The fourth-order valence-electron chi connectivity index (χ4n) is 2.89. The highest BCUT2D eigenvalue weighted by molar-refractivity contribution is 7.16. The van der Waals surface area contributed by atoms with Crippen LogP contribution in [0.5, 0.6) is 0 Å². The first-order chi connectivity index (χ1) is 12.3. The number of amides is 1. The van der Waals surface area contributed by atoms with Gasteiger partial charge in [0.1, 0.15) is 5.69 Å². The Labute approximate surface area is 150 Å². The molecule has 1 aliphatic rings. The molecule has 1 amide bonds. The summed E-state index contributed by atoms with van der Waals surface area (Å²) in [6.45, 7) is 0. The molecule has 26 heavy (non-hydrogen) atoms. The van der Waals surface area contributed by atoms with Crippen LogP contribution in [0.3, 0.4) is 0 Å². The third-order valence-corrected chi connectivity index (χ3v) is 5.18. The number of thiophene rings is 1. The first-order valence-electron chi connectivity index (χ1n) is 7.64. The summed E-state index contributed by atoms with van der Waals surface area (Å²) in [6, 6.07) is 6.43. The van der Waals surface area contributed by atoms with Crippen LogP contribution in [0.25, 0.3) is 22.1 Å². The van der Waals surface area contributed by atoms with Gasteiger partial charge in [0.25, 0.3) is 5.91 Å². The Kier molecular flexibility index (Phi) is 3.73. The van der Waals surface area contributed by atoms with E-state index in [9.17, 15) is 18.0 Å². The lowest BCUT2D eigenvalue weighted by Crippen LogP contribution is -2.09. The van der Waals surface area contributed by atoms with E-state index in [2.05, 4.69) is 10.3 Å². The van der Waals surface area contributed by atoms with Crippen molar-refractivity contribution in [2.75, 3.05) is 5.32 Å². The highest BCUT2D eigenvalue weighted by Crippen LogP contribution is 2.38. The second-order valence-corrected chi connectivity index (χ2v) is 6.97. The van der Waals surface area contributed by atoms with Gasteiger partial charge < -0.3 is 9.88 Å². The number of alkyl halides is 3. The summed E-state index contributed by atoms with van der Waals surface area (Å²) < 4.78 is 40.0. The van der Waals surface area contributed by atoms with Gasteiger partial charge >= 0.3 is 6.18 Å². The van der Waals surface area contributed by atoms with E-state index in [0.29, 0.717) is 21.7 Å². The largest absolute Gasteiger partial charge is 0.431 e. The van der Waals surface area contributed by atoms with E-state index in [4.69, 9.17) is 0 Å². The number of fused-ring (bicyclic) bond motifs is 1. The van der Waals surface area contributed by atoms with Crippen molar-refractivity contribution in [1.29, 1.82) is 0 Å². The molecule has 3 aromatic heterocycles. The average Bonchev–Trinajstić information content (AvgIpc) is 3.25. The Balaban J connectivity index is 1.69. The number of nitrogens with zero attached hydrogens (tertiary/aromatic N) is 2. The Morgan fingerprint density at radius 1 is 1.27 bits per heavy atom. The monoisotopic (exact) mass is 375 g/mol. The number of aromatic nitrogens is 2. The summed E-state index contributed by atoms with van der Waals surface area (Å²) in [7, 11) is 1.37. The Hall–Kier alpha value is -2.87. The maximum Gasteiger partial charge on any atom is 0.431 e. The lowest BCUT2D eigenvalue weighted by atomic mass is 10.1. The number of aryl methyl sites for hydroxylation is 1. The van der Waals surface area contributed by atoms with Crippen molar-refractivity contribution in [3.8, 4) is 10.4 Å². The van der Waals surface area contributed by atoms with Gasteiger partial charge in [0, 0.05) is 40.3 Å². The quantitative estimate of drug-likeness (QED) is 0.662. The van der Waals surface area contributed by atoms with E-state index in [1.807, 2.05) is 0 Å². The molecule has 0 aromatic carbocycles. The first kappa shape index (κ1) is 16.6. The number of halogens is 3. The molecule has 0 spiro atoms. The van der Waals surface area contributed by atoms with E-state index in [1.54, 1.807) is 36.7 Å². The van der Waals surface area contributed by atoms with Crippen LogP contribution in [-0.2, 0) is 18.0 Å². The molecule has 0 aliphatic carbocycles. The number of hydrogen-bond acceptors (Lipinski definition) is 3. The van der Waals surface area contributed by atoms with E-state index < -0.39 is 11.9 Å². The predicted octanol–water partition coefficient (Wildman–Crippen LogP) is 4.66. The summed E-state index contributed by atoms with van der Waals surface area (Å²) in [6.07, 6.45) is 1.98. The van der Waals surface area contributed by atoms with Crippen molar-refractivity contribution in [1.82, 2.24) is 9.55 Å². The molecule has 3 aromatic rings. The van der Waals surface area contributed by atoms with Gasteiger partial charge in [0.15, 0.2) is 0 Å². The van der Waals surface area contributed by atoms with Crippen LogP contribution in [0.4, 0.5) is 18.9 Å². The van der Waals surface area contributed by atoms with Crippen LogP contribution in [0.1, 0.15) is 16.1 Å². The van der Waals surface area contributed by atoms with Crippen LogP contribution >= 0.6 is 11.3 Å². The molecule has 0 bridgehead atoms. The average molecular weight is 375 g/mol. The molecule has 0 saturated heterocycles. The Morgan fingerprint density at radius 2 is 2.08 bits per heavy atom. The molecular weight excluding hydrogens is 363 g/mol. The normalized spacial score (nSPS) is 15.4. The van der Waals surface area contributed by atoms with Gasteiger partial charge in [0.2, 0.25) is 0 Å². The minimum absolute atomic E-state index is 0.220. The van der Waals surface area contributed by atoms with E-state index in [-0.39, 0.29) is 5.91 Å². The zero-order valence-electron chi connectivity index (χ0n) is 13.5. The van der Waals surface area contributed by atoms with Crippen LogP contribution in [-0.4, -0.2) is 15.5 Å². The summed E-state index contributed by atoms with van der Waals surface area (Å²) in [5, 5.41) is 2.74. The molecule has 4 rings (SSSR count). The molecule has 1 aliphatic heterocycles. The van der Waals surface area contributed by atoms with Crippen molar-refractivity contribution < 1.29 is 18.0 Å². The SMILES string of the molecule is Cn1cc(-c2ccc(C=C3C(=O)Nc4cnccc43)s2)cc1C(F)(F)F. The van der Waals surface area contributed by atoms with Gasteiger partial charge in [-0.1, -0.05) is 0 Å². The maximum atomic E-state index is 13.0. The highest BCUT2D eigenvalue weighted by Gasteiger charge is 2.34. The lowest BCUT2D eigenvalue weighted by Gasteiger charge is -2.05. The maximum absolute atomic E-state index is 13.0. The number of nitrogens with one attached hydrogen (secondary N) is 1. The molecule has 0 unspecified atom stereocenters. The van der Waals surface area contributed by atoms with Gasteiger partial charge in [-0.3, -0.25) is 9.78 Å². The molecule has 0 radical (unpaired) electrons. The second-order valence-electron chi connectivity index (χ2n) is 5.86. The van der Waals surface area contributed by atoms with Gasteiger partial charge in [-0.15, -0.1) is 11.3 Å². The van der Waals surface area contributed by atoms with E-state index in [1.165, 1.54) is 24.6 Å². The Bertz CT molecular complexity index is 1050. The minimum atomic E-state index is -4.39. The summed E-state index contributed by atoms with van der Waals surface area (Å²) in [4.78, 5) is 17.6. The molecule has 8 heteroatoms. The van der Waals surface area contributed by atoms with E-state index in [0.717, 1.165) is 21.1 Å². The molecular formula is C18H12F3N3OS. The number of hydrogen-bond donors (Lipinski definition) is 1. The van der Waals surface area contributed by atoms with Crippen molar-refractivity contribution >= 4 is 34.6 Å². The number of rotatable bonds is 2. The van der Waals surface area contributed by atoms with Crippen LogP contribution in [0, 0.1) is 0 Å². The third kappa shape index (κ3) is 2.82.